The number of β-amino-alcohol motifs (C(OH)–C–C–N with tert-alkyl or cyclic N) is 1. The number of hydrogen-bond donors (Lipinski definition) is 2. The van der Waals surface area contributed by atoms with E-state index in [1.165, 1.54) is 5.56 Å². The summed E-state index contributed by atoms with van der Waals surface area (Å²) in [5, 5.41) is 13.5. The molecule has 2 aromatic rings. The average molecular weight is 343 g/mol. The average Bonchev–Trinajstić information content (AvgIpc) is 2.64. The molecule has 4 nitrogen and oxygen atoms in total. The quantitative estimate of drug-likeness (QED) is 0.694. The van der Waals surface area contributed by atoms with E-state index in [1.54, 1.807) is 7.11 Å². The Balaban J connectivity index is 1.70. The Labute approximate surface area is 150 Å². The van der Waals surface area contributed by atoms with Gasteiger partial charge in [-0.2, -0.15) is 0 Å². The Kier molecular flexibility index (Phi) is 7.29. The zero-order chi connectivity index (χ0) is 18.1. The van der Waals surface area contributed by atoms with Crippen molar-refractivity contribution in [3.05, 3.63) is 60.2 Å². The van der Waals surface area contributed by atoms with E-state index in [0.717, 1.165) is 24.3 Å². The molecule has 0 bridgehead atoms. The van der Waals surface area contributed by atoms with Crippen LogP contribution in [-0.4, -0.2) is 37.0 Å². The van der Waals surface area contributed by atoms with Gasteiger partial charge in [-0.25, -0.2) is 0 Å². The molecule has 0 fully saturated rings. The molecule has 4 heteroatoms. The van der Waals surface area contributed by atoms with Crippen molar-refractivity contribution in [2.45, 2.75) is 38.3 Å². The molecule has 0 amide bonds. The van der Waals surface area contributed by atoms with E-state index in [1.807, 2.05) is 42.5 Å². The summed E-state index contributed by atoms with van der Waals surface area (Å²) in [6, 6.07) is 17.7. The van der Waals surface area contributed by atoms with Crippen LogP contribution in [0.25, 0.3) is 0 Å². The zero-order valence-corrected chi connectivity index (χ0v) is 15.4. The highest BCUT2D eigenvalue weighted by Gasteiger charge is 2.18. The first-order valence-electron chi connectivity index (χ1n) is 8.72. The van der Waals surface area contributed by atoms with Crippen molar-refractivity contribution in [2.75, 3.05) is 20.3 Å². The molecule has 0 heterocycles. The molecule has 0 spiro atoms. The first-order valence-corrected chi connectivity index (χ1v) is 8.72. The molecular formula is C21H29NO3. The third-order valence-electron chi connectivity index (χ3n) is 4.20. The molecule has 0 aliphatic heterocycles. The summed E-state index contributed by atoms with van der Waals surface area (Å²) < 4.78 is 10.8. The third-order valence-corrected chi connectivity index (χ3v) is 4.20. The number of rotatable bonds is 10. The van der Waals surface area contributed by atoms with E-state index in [2.05, 4.69) is 31.3 Å². The van der Waals surface area contributed by atoms with Gasteiger partial charge in [0.25, 0.3) is 0 Å². The van der Waals surface area contributed by atoms with Crippen molar-refractivity contribution < 1.29 is 14.6 Å². The molecule has 2 N–H and O–H groups in total. The van der Waals surface area contributed by atoms with Gasteiger partial charge in [0.05, 0.1) is 7.11 Å². The highest BCUT2D eigenvalue weighted by Crippen LogP contribution is 2.17. The molecule has 2 aromatic carbocycles. The van der Waals surface area contributed by atoms with Crippen LogP contribution in [0.2, 0.25) is 0 Å². The number of ether oxygens (including phenoxy) is 2. The molecule has 25 heavy (non-hydrogen) atoms. The summed E-state index contributed by atoms with van der Waals surface area (Å²) >= 11 is 0. The van der Waals surface area contributed by atoms with Crippen LogP contribution in [0.1, 0.15) is 25.8 Å². The maximum atomic E-state index is 10.1. The van der Waals surface area contributed by atoms with Crippen LogP contribution in [0.15, 0.2) is 54.6 Å². The monoisotopic (exact) mass is 343 g/mol. The van der Waals surface area contributed by atoms with Crippen LogP contribution in [0.4, 0.5) is 0 Å². The molecular weight excluding hydrogens is 314 g/mol. The fourth-order valence-electron chi connectivity index (χ4n) is 2.50. The number of methoxy groups -OCH3 is 1. The van der Waals surface area contributed by atoms with Crippen molar-refractivity contribution >= 4 is 0 Å². The fraction of sp³-hybridized carbons (Fsp3) is 0.429. The van der Waals surface area contributed by atoms with Crippen molar-refractivity contribution in [1.29, 1.82) is 0 Å². The lowest BCUT2D eigenvalue weighted by molar-refractivity contribution is 0.0982. The van der Waals surface area contributed by atoms with E-state index >= 15 is 0 Å². The summed E-state index contributed by atoms with van der Waals surface area (Å²) in [7, 11) is 1.68. The number of aliphatic hydroxyl groups is 1. The predicted molar refractivity (Wildman–Crippen MR) is 101 cm³/mol. The third kappa shape index (κ3) is 7.16. The molecule has 0 aliphatic rings. The van der Waals surface area contributed by atoms with Gasteiger partial charge in [-0.15, -0.1) is 0 Å². The lowest BCUT2D eigenvalue weighted by Gasteiger charge is -2.28. The minimum absolute atomic E-state index is 0.0619. The number of benzene rings is 2. The summed E-state index contributed by atoms with van der Waals surface area (Å²) in [5.41, 5.74) is 1.22. The Morgan fingerprint density at radius 3 is 2.32 bits per heavy atom. The second kappa shape index (κ2) is 9.44. The molecule has 136 valence electrons. The van der Waals surface area contributed by atoms with Crippen LogP contribution in [0.3, 0.4) is 0 Å². The summed E-state index contributed by atoms with van der Waals surface area (Å²) in [6.45, 7) is 5.09. The van der Waals surface area contributed by atoms with Gasteiger partial charge in [-0.3, -0.25) is 0 Å². The summed E-state index contributed by atoms with van der Waals surface area (Å²) in [4.78, 5) is 0. The number of nitrogens with one attached hydrogen (secondary N) is 1. The van der Waals surface area contributed by atoms with Gasteiger partial charge in [-0.05, 0) is 56.5 Å². The molecule has 0 aliphatic carbocycles. The van der Waals surface area contributed by atoms with Gasteiger partial charge in [0.15, 0.2) is 0 Å². The van der Waals surface area contributed by atoms with Gasteiger partial charge in [-0.1, -0.05) is 30.3 Å². The molecule has 2 rings (SSSR count). The predicted octanol–water partition coefficient (Wildman–Crippen LogP) is 3.44. The van der Waals surface area contributed by atoms with E-state index in [-0.39, 0.29) is 12.1 Å². The molecule has 0 radical (unpaired) electrons. The van der Waals surface area contributed by atoms with Crippen molar-refractivity contribution in [3.63, 3.8) is 0 Å². The van der Waals surface area contributed by atoms with Gasteiger partial charge < -0.3 is 19.9 Å². The van der Waals surface area contributed by atoms with Crippen LogP contribution < -0.4 is 14.8 Å². The number of para-hydroxylation sites is 1. The molecule has 1 unspecified atom stereocenters. The van der Waals surface area contributed by atoms with Gasteiger partial charge in [0, 0.05) is 12.1 Å². The highest BCUT2D eigenvalue weighted by atomic mass is 16.5. The molecule has 1 atom stereocenters. The van der Waals surface area contributed by atoms with Crippen molar-refractivity contribution in [1.82, 2.24) is 5.32 Å². The number of hydrogen-bond acceptors (Lipinski definition) is 4. The molecule has 0 saturated carbocycles. The van der Waals surface area contributed by atoms with Crippen LogP contribution >= 0.6 is 0 Å². The maximum absolute atomic E-state index is 10.1. The fourth-order valence-corrected chi connectivity index (χ4v) is 2.50. The van der Waals surface area contributed by atoms with E-state index < -0.39 is 6.10 Å². The van der Waals surface area contributed by atoms with Crippen molar-refractivity contribution in [2.24, 2.45) is 0 Å². The van der Waals surface area contributed by atoms with Gasteiger partial charge >= 0.3 is 0 Å². The second-order valence-corrected chi connectivity index (χ2v) is 6.89. The smallest absolute Gasteiger partial charge is 0.119 e. The molecule has 0 aromatic heterocycles. The Morgan fingerprint density at radius 2 is 1.68 bits per heavy atom. The summed E-state index contributed by atoms with van der Waals surface area (Å²) in [6.07, 6.45) is 1.41. The zero-order valence-electron chi connectivity index (χ0n) is 15.4. The number of aryl methyl sites for hydroxylation is 1. The maximum Gasteiger partial charge on any atom is 0.119 e. The van der Waals surface area contributed by atoms with Crippen molar-refractivity contribution in [3.8, 4) is 11.5 Å². The van der Waals surface area contributed by atoms with Gasteiger partial charge in [0.2, 0.25) is 0 Å². The minimum atomic E-state index is -0.541. The minimum Gasteiger partial charge on any atom is -0.497 e. The van der Waals surface area contributed by atoms with Gasteiger partial charge in [0.1, 0.15) is 24.2 Å². The largest absolute Gasteiger partial charge is 0.497 e. The SMILES string of the molecule is COc1ccc(CCC(C)(C)NCC(O)COc2ccccc2)cc1. The van der Waals surface area contributed by atoms with E-state index in [9.17, 15) is 5.11 Å². The van der Waals surface area contributed by atoms with E-state index in [4.69, 9.17) is 9.47 Å². The number of aliphatic hydroxyl groups excluding tert-OH is 1. The van der Waals surface area contributed by atoms with Crippen LogP contribution in [-0.2, 0) is 6.42 Å². The Morgan fingerprint density at radius 1 is 1.00 bits per heavy atom. The standard InChI is InChI=1S/C21H29NO3/c1-21(2,14-13-17-9-11-19(24-3)12-10-17)22-15-18(23)16-25-20-7-5-4-6-8-20/h4-12,18,22-23H,13-16H2,1-3H3. The van der Waals surface area contributed by atoms with E-state index in [0.29, 0.717) is 6.54 Å². The Bertz CT molecular complexity index is 611. The summed E-state index contributed by atoms with van der Waals surface area (Å²) in [5.74, 6) is 1.66. The Hall–Kier alpha value is -2.04. The van der Waals surface area contributed by atoms with Crippen LogP contribution in [0.5, 0.6) is 11.5 Å². The lowest BCUT2D eigenvalue weighted by atomic mass is 9.95. The second-order valence-electron chi connectivity index (χ2n) is 6.89. The first-order chi connectivity index (χ1) is 12.0. The lowest BCUT2D eigenvalue weighted by Crippen LogP contribution is -2.45. The normalized spacial score (nSPS) is 12.6. The molecule has 0 saturated heterocycles. The highest BCUT2D eigenvalue weighted by molar-refractivity contribution is 5.27. The first kappa shape index (κ1) is 19.3. The van der Waals surface area contributed by atoms with Crippen LogP contribution in [0, 0.1) is 0 Å². The topological polar surface area (TPSA) is 50.7 Å².